The van der Waals surface area contributed by atoms with Crippen LogP contribution in [-0.2, 0) is 9.59 Å². The fourth-order valence-electron chi connectivity index (χ4n) is 3.00. The summed E-state index contributed by atoms with van der Waals surface area (Å²) in [5.74, 6) is -0.131. The van der Waals surface area contributed by atoms with E-state index in [1.54, 1.807) is 16.9 Å². The normalized spacial score (nSPS) is 25.1. The molecule has 2 aliphatic heterocycles. The van der Waals surface area contributed by atoms with Crippen molar-refractivity contribution in [2.75, 3.05) is 11.9 Å². The number of nitrogens with one attached hydrogen (secondary N) is 2. The van der Waals surface area contributed by atoms with Gasteiger partial charge in [0.05, 0.1) is 0 Å². The Hall–Kier alpha value is -2.58. The molecular weight excluding hydrogens is 302 g/mol. The van der Waals surface area contributed by atoms with Crippen LogP contribution in [0.5, 0.6) is 0 Å². The van der Waals surface area contributed by atoms with Gasteiger partial charge in [0.1, 0.15) is 18.0 Å². The maximum atomic E-state index is 11.7. The number of anilines is 1. The van der Waals surface area contributed by atoms with Gasteiger partial charge in [-0.3, -0.25) is 19.8 Å². The molecule has 3 N–H and O–H groups in total. The number of amides is 3. The minimum Gasteiger partial charge on any atom is -0.465 e. The number of carbonyl (C=O) groups is 3. The Bertz CT molecular complexity index is 628. The highest BCUT2D eigenvalue weighted by Gasteiger charge is 2.30. The van der Waals surface area contributed by atoms with Crippen LogP contribution in [0.2, 0.25) is 0 Å². The van der Waals surface area contributed by atoms with Gasteiger partial charge in [0.25, 0.3) is 0 Å². The summed E-state index contributed by atoms with van der Waals surface area (Å²) >= 11 is 0. The summed E-state index contributed by atoms with van der Waals surface area (Å²) in [4.78, 5) is 35.6. The average molecular weight is 321 g/mol. The first-order valence-corrected chi connectivity index (χ1v) is 7.69. The van der Waals surface area contributed by atoms with Crippen molar-refractivity contribution in [2.24, 2.45) is 0 Å². The van der Waals surface area contributed by atoms with E-state index in [2.05, 4.69) is 15.7 Å². The molecule has 0 bridgehead atoms. The fraction of sp³-hybridized carbons (Fsp3) is 0.571. The van der Waals surface area contributed by atoms with Crippen molar-refractivity contribution in [2.45, 2.75) is 44.3 Å². The van der Waals surface area contributed by atoms with Crippen LogP contribution in [0.3, 0.4) is 0 Å². The van der Waals surface area contributed by atoms with Crippen LogP contribution < -0.4 is 10.6 Å². The van der Waals surface area contributed by atoms with Gasteiger partial charge >= 0.3 is 6.09 Å². The van der Waals surface area contributed by atoms with Gasteiger partial charge in [0.2, 0.25) is 11.8 Å². The average Bonchev–Trinajstić information content (AvgIpc) is 2.98. The van der Waals surface area contributed by atoms with Gasteiger partial charge in [-0.1, -0.05) is 0 Å². The number of aromatic nitrogens is 2. The number of hydrogen-bond donors (Lipinski definition) is 3. The van der Waals surface area contributed by atoms with Crippen LogP contribution in [0.1, 0.15) is 38.3 Å². The Kier molecular flexibility index (Phi) is 4.18. The van der Waals surface area contributed by atoms with Crippen molar-refractivity contribution in [3.05, 3.63) is 12.3 Å². The second-order valence-corrected chi connectivity index (χ2v) is 5.78. The Morgan fingerprint density at radius 1 is 1.35 bits per heavy atom. The van der Waals surface area contributed by atoms with Gasteiger partial charge in [-0.15, -0.1) is 0 Å². The van der Waals surface area contributed by atoms with E-state index < -0.39 is 12.1 Å². The Morgan fingerprint density at radius 3 is 2.91 bits per heavy atom. The fourth-order valence-corrected chi connectivity index (χ4v) is 3.00. The molecule has 0 saturated carbocycles. The molecule has 9 nitrogen and oxygen atoms in total. The summed E-state index contributed by atoms with van der Waals surface area (Å²) in [6, 6.07) is 1.20. The number of rotatable bonds is 3. The number of hydrogen-bond acceptors (Lipinski definition) is 5. The van der Waals surface area contributed by atoms with Crippen molar-refractivity contribution in [1.29, 1.82) is 0 Å². The highest BCUT2D eigenvalue weighted by Crippen LogP contribution is 2.26. The largest absolute Gasteiger partial charge is 0.465 e. The predicted molar refractivity (Wildman–Crippen MR) is 79.6 cm³/mol. The third-order valence-corrected chi connectivity index (χ3v) is 4.19. The summed E-state index contributed by atoms with van der Waals surface area (Å²) in [6.07, 6.45) is 3.66. The van der Waals surface area contributed by atoms with Crippen LogP contribution in [0.25, 0.3) is 0 Å². The highest BCUT2D eigenvalue weighted by atomic mass is 16.4. The van der Waals surface area contributed by atoms with Crippen molar-refractivity contribution in [3.63, 3.8) is 0 Å². The van der Waals surface area contributed by atoms with Crippen LogP contribution >= 0.6 is 0 Å². The molecule has 3 rings (SSSR count). The molecule has 0 spiro atoms. The van der Waals surface area contributed by atoms with E-state index in [1.807, 2.05) is 0 Å². The van der Waals surface area contributed by atoms with E-state index in [1.165, 1.54) is 4.90 Å². The smallest absolute Gasteiger partial charge is 0.409 e. The number of piperidine rings is 2. The summed E-state index contributed by atoms with van der Waals surface area (Å²) in [5.41, 5.74) is 0. The van der Waals surface area contributed by atoms with E-state index >= 15 is 0 Å². The minimum atomic E-state index is -0.954. The molecule has 2 saturated heterocycles. The van der Waals surface area contributed by atoms with Crippen molar-refractivity contribution >= 4 is 23.7 Å². The molecule has 2 unspecified atom stereocenters. The van der Waals surface area contributed by atoms with Crippen LogP contribution in [0, 0.1) is 0 Å². The van der Waals surface area contributed by atoms with Crippen molar-refractivity contribution < 1.29 is 19.5 Å². The van der Waals surface area contributed by atoms with E-state index in [9.17, 15) is 19.5 Å². The molecular formula is C14H19N5O4. The predicted octanol–water partition coefficient (Wildman–Crippen LogP) is 0.763. The van der Waals surface area contributed by atoms with Gasteiger partial charge in [0, 0.05) is 25.2 Å². The number of nitrogens with zero attached hydrogens (tertiary/aromatic N) is 3. The molecule has 3 amide bonds. The van der Waals surface area contributed by atoms with E-state index in [-0.39, 0.29) is 18.0 Å². The molecule has 2 atom stereocenters. The van der Waals surface area contributed by atoms with Gasteiger partial charge in [-0.2, -0.15) is 5.10 Å². The first kappa shape index (κ1) is 15.3. The summed E-state index contributed by atoms with van der Waals surface area (Å²) in [6.45, 7) is 0.496. The number of likely N-dealkylation sites (tertiary alicyclic amines) is 1. The molecule has 0 aromatic carbocycles. The second kappa shape index (κ2) is 6.27. The van der Waals surface area contributed by atoms with Gasteiger partial charge < -0.3 is 10.4 Å². The molecule has 2 aliphatic rings. The molecule has 1 aromatic rings. The lowest BCUT2D eigenvalue weighted by molar-refractivity contribution is -0.133. The second-order valence-electron chi connectivity index (χ2n) is 5.78. The Labute approximate surface area is 132 Å². The van der Waals surface area contributed by atoms with Crippen LogP contribution in [0.4, 0.5) is 10.6 Å². The molecule has 23 heavy (non-hydrogen) atoms. The maximum Gasteiger partial charge on any atom is 0.409 e. The lowest BCUT2D eigenvalue weighted by Gasteiger charge is -2.33. The SMILES string of the molecule is O=C1CCC(Nc2ccn(C3CCCCN3C(=O)O)n2)C(=O)N1. The van der Waals surface area contributed by atoms with Gasteiger partial charge in [-0.05, 0) is 25.7 Å². The molecule has 3 heterocycles. The first-order valence-electron chi connectivity index (χ1n) is 7.69. The molecule has 0 radical (unpaired) electrons. The molecule has 0 aliphatic carbocycles. The summed E-state index contributed by atoms with van der Waals surface area (Å²) < 4.78 is 1.61. The van der Waals surface area contributed by atoms with Crippen molar-refractivity contribution in [3.8, 4) is 0 Å². The zero-order valence-corrected chi connectivity index (χ0v) is 12.6. The topological polar surface area (TPSA) is 117 Å². The number of imide groups is 1. The summed E-state index contributed by atoms with van der Waals surface area (Å²) in [7, 11) is 0. The minimum absolute atomic E-state index is 0.266. The first-order chi connectivity index (χ1) is 11.0. The molecule has 9 heteroatoms. The van der Waals surface area contributed by atoms with Crippen LogP contribution in [-0.4, -0.2) is 50.3 Å². The lowest BCUT2D eigenvalue weighted by Crippen LogP contribution is -2.47. The molecule has 124 valence electrons. The Morgan fingerprint density at radius 2 is 2.17 bits per heavy atom. The standard InChI is InChI=1S/C14H19N5O4/c20-11-5-4-9(13(21)16-11)15-10-6-8-19(17-10)12-3-1-2-7-18(12)14(22)23/h6,8-9,12H,1-5,7H2,(H,15,17)(H,22,23)(H,16,20,21). The maximum absolute atomic E-state index is 11.7. The van der Waals surface area contributed by atoms with Crippen molar-refractivity contribution in [1.82, 2.24) is 20.0 Å². The van der Waals surface area contributed by atoms with Gasteiger partial charge in [-0.25, -0.2) is 9.48 Å². The van der Waals surface area contributed by atoms with Crippen LogP contribution in [0.15, 0.2) is 12.3 Å². The van der Waals surface area contributed by atoms with E-state index in [0.29, 0.717) is 31.6 Å². The molecule has 2 fully saturated rings. The van der Waals surface area contributed by atoms with E-state index in [0.717, 1.165) is 12.8 Å². The summed E-state index contributed by atoms with van der Waals surface area (Å²) in [5, 5.41) is 18.9. The quantitative estimate of drug-likeness (QED) is 0.708. The third kappa shape index (κ3) is 3.27. The number of carboxylic acid groups (broad SMARTS) is 1. The third-order valence-electron chi connectivity index (χ3n) is 4.19. The molecule has 1 aromatic heterocycles. The number of carbonyl (C=O) groups excluding carboxylic acids is 2. The monoisotopic (exact) mass is 321 g/mol. The lowest BCUT2D eigenvalue weighted by atomic mass is 10.1. The van der Waals surface area contributed by atoms with Gasteiger partial charge in [0.15, 0.2) is 0 Å². The zero-order valence-electron chi connectivity index (χ0n) is 12.6. The zero-order chi connectivity index (χ0) is 16.4. The highest BCUT2D eigenvalue weighted by molar-refractivity contribution is 6.01. The van der Waals surface area contributed by atoms with E-state index in [4.69, 9.17) is 0 Å². The Balaban J connectivity index is 1.69.